The van der Waals surface area contributed by atoms with Gasteiger partial charge in [0.05, 0.1) is 17.2 Å². The number of nitrogens with one attached hydrogen (secondary N) is 1. The highest BCUT2D eigenvalue weighted by molar-refractivity contribution is 6.76. The summed E-state index contributed by atoms with van der Waals surface area (Å²) in [5.41, 5.74) is 0.101. The fourth-order valence-electron chi connectivity index (χ4n) is 5.68. The molecular formula is C36H38Cl3NO16. The Morgan fingerprint density at radius 1 is 0.589 bits per heavy atom. The van der Waals surface area contributed by atoms with Gasteiger partial charge in [-0.25, -0.2) is 9.59 Å². The maximum Gasteiger partial charge on any atom is 0.338 e. The van der Waals surface area contributed by atoms with Gasteiger partial charge in [-0.05, 0) is 31.2 Å². The maximum atomic E-state index is 13.7. The first-order valence-corrected chi connectivity index (χ1v) is 17.9. The summed E-state index contributed by atoms with van der Waals surface area (Å²) in [5.74, 6) is -6.29. The number of alkyl halides is 3. The van der Waals surface area contributed by atoms with Crippen molar-refractivity contribution in [2.24, 2.45) is 0 Å². The lowest BCUT2D eigenvalue weighted by molar-refractivity contribution is -0.350. The lowest BCUT2D eigenvalue weighted by Gasteiger charge is -2.48. The Hall–Kier alpha value is -4.52. The summed E-state index contributed by atoms with van der Waals surface area (Å²) in [7, 11) is 0. The minimum absolute atomic E-state index is 0.0477. The molecule has 4 rings (SSSR count). The summed E-state index contributed by atoms with van der Waals surface area (Å²) in [5, 5.41) is 8.25. The van der Waals surface area contributed by atoms with E-state index in [0.717, 1.165) is 27.7 Å². The van der Waals surface area contributed by atoms with Crippen LogP contribution in [-0.4, -0.2) is 114 Å². The minimum atomic E-state index is -2.42. The van der Waals surface area contributed by atoms with Crippen molar-refractivity contribution < 1.29 is 76.1 Å². The van der Waals surface area contributed by atoms with Crippen molar-refractivity contribution in [2.75, 3.05) is 6.61 Å². The Kier molecular flexibility index (Phi) is 15.4. The quantitative estimate of drug-likeness (QED) is 0.105. The second-order valence-electron chi connectivity index (χ2n) is 12.3. The van der Waals surface area contributed by atoms with Crippen LogP contribution >= 0.6 is 34.8 Å². The van der Waals surface area contributed by atoms with E-state index in [9.17, 15) is 28.8 Å². The monoisotopic (exact) mass is 845 g/mol. The third-order valence-corrected chi connectivity index (χ3v) is 8.48. The molecule has 2 saturated heterocycles. The van der Waals surface area contributed by atoms with E-state index in [2.05, 4.69) is 0 Å². The van der Waals surface area contributed by atoms with Gasteiger partial charge >= 0.3 is 35.8 Å². The highest BCUT2D eigenvalue weighted by Crippen LogP contribution is 2.37. The van der Waals surface area contributed by atoms with Crippen LogP contribution in [-0.2, 0) is 66.5 Å². The summed E-state index contributed by atoms with van der Waals surface area (Å²) < 4.78 is 55.1. The topological polar surface area (TPSA) is 219 Å². The molecule has 0 unspecified atom stereocenters. The van der Waals surface area contributed by atoms with Gasteiger partial charge < -0.3 is 47.4 Å². The number of rotatable bonds is 12. The van der Waals surface area contributed by atoms with E-state index >= 15 is 0 Å². The van der Waals surface area contributed by atoms with E-state index in [0.29, 0.717) is 0 Å². The van der Waals surface area contributed by atoms with Crippen LogP contribution in [0.2, 0.25) is 0 Å². The Balaban J connectivity index is 1.85. The molecule has 17 nitrogen and oxygen atoms in total. The van der Waals surface area contributed by atoms with E-state index < -0.39 is 114 Å². The SMILES string of the molecule is CC(=O)OC[C@H]1O[C@@H](O[C@H]2[C@@H](OC(=O)c3ccccc3)[C@H](OC(=O)c3ccccc3)[C@@H](OC(=N)C(Cl)(Cl)Cl)O[C@H]2C)[C@H](OC(C)=O)[C@@H](OC(C)=O)[C@H]1OC(C)=O. The number of carbonyl (C=O) groups is 6. The number of halogens is 3. The smallest absolute Gasteiger partial charge is 0.338 e. The van der Waals surface area contributed by atoms with Gasteiger partial charge in [0, 0.05) is 27.7 Å². The molecule has 0 saturated carbocycles. The highest BCUT2D eigenvalue weighted by atomic mass is 35.6. The molecule has 2 aliphatic heterocycles. The molecule has 2 heterocycles. The van der Waals surface area contributed by atoms with Gasteiger partial charge in [0.25, 0.3) is 3.79 Å². The normalized spacial score (nSPS) is 27.4. The Bertz CT molecular complexity index is 1740. The molecule has 2 aromatic rings. The van der Waals surface area contributed by atoms with Gasteiger partial charge in [0.1, 0.15) is 18.8 Å². The zero-order valence-electron chi connectivity index (χ0n) is 30.4. The van der Waals surface area contributed by atoms with Crippen molar-refractivity contribution >= 4 is 76.5 Å². The van der Waals surface area contributed by atoms with Crippen LogP contribution < -0.4 is 0 Å². The predicted octanol–water partition coefficient (Wildman–Crippen LogP) is 4.01. The molecule has 1 N–H and O–H groups in total. The van der Waals surface area contributed by atoms with Crippen LogP contribution in [0.4, 0.5) is 0 Å². The predicted molar refractivity (Wildman–Crippen MR) is 192 cm³/mol. The molecule has 304 valence electrons. The van der Waals surface area contributed by atoms with Crippen molar-refractivity contribution in [3.05, 3.63) is 71.8 Å². The van der Waals surface area contributed by atoms with Crippen molar-refractivity contribution in [2.45, 2.75) is 99.8 Å². The Labute approximate surface area is 335 Å². The molecule has 0 aromatic heterocycles. The van der Waals surface area contributed by atoms with Gasteiger partial charge in [0.2, 0.25) is 18.3 Å². The zero-order valence-corrected chi connectivity index (χ0v) is 32.7. The standard InChI is InChI=1S/C36H38Cl3NO16/c1-17-25(55-34-29(51-21(5)44)28(50-20(4)43)26(49-19(3)42)24(52-34)16-47-18(2)41)27(53-31(45)22-12-8-6-9-13-22)30(33(48-17)56-35(40)36(37,38)39)54-32(46)23-14-10-7-11-15-23/h6-15,17,24-30,33-34,40H,16H2,1-5H3/t17-,24+,25+,26-,27+,28-,29+,30-,33+,34-/m0/s1. The first kappa shape index (κ1) is 44.2. The van der Waals surface area contributed by atoms with Crippen molar-refractivity contribution in [3.63, 3.8) is 0 Å². The third-order valence-electron chi connectivity index (χ3n) is 7.96. The average Bonchev–Trinajstić information content (AvgIpc) is 3.12. The molecule has 0 aliphatic carbocycles. The summed E-state index contributed by atoms with van der Waals surface area (Å²) >= 11 is 17.7. The molecule has 0 spiro atoms. The molecule has 0 radical (unpaired) electrons. The Morgan fingerprint density at radius 2 is 1.04 bits per heavy atom. The molecule has 0 bridgehead atoms. The summed E-state index contributed by atoms with van der Waals surface area (Å²) in [4.78, 5) is 76.3. The fourth-order valence-corrected chi connectivity index (χ4v) is 5.82. The van der Waals surface area contributed by atoms with E-state index in [1.807, 2.05) is 0 Å². The summed E-state index contributed by atoms with van der Waals surface area (Å²) in [6.45, 7) is 5.08. The molecule has 56 heavy (non-hydrogen) atoms. The van der Waals surface area contributed by atoms with Crippen LogP contribution in [0.5, 0.6) is 0 Å². The second-order valence-corrected chi connectivity index (χ2v) is 14.6. The van der Waals surface area contributed by atoms with Crippen LogP contribution in [0.3, 0.4) is 0 Å². The lowest BCUT2D eigenvalue weighted by atomic mass is 9.96. The number of ether oxygens (including phenoxy) is 10. The van der Waals surface area contributed by atoms with Crippen LogP contribution in [0, 0.1) is 5.41 Å². The van der Waals surface area contributed by atoms with E-state index in [1.165, 1.54) is 31.2 Å². The fraction of sp³-hybridized carbons (Fsp3) is 0.472. The largest absolute Gasteiger partial charge is 0.463 e. The van der Waals surface area contributed by atoms with E-state index in [-0.39, 0.29) is 11.1 Å². The number of hydrogen-bond donors (Lipinski definition) is 1. The maximum absolute atomic E-state index is 13.7. The number of esters is 6. The molecular weight excluding hydrogens is 809 g/mol. The zero-order chi connectivity index (χ0) is 41.3. The van der Waals surface area contributed by atoms with E-state index in [1.54, 1.807) is 36.4 Å². The van der Waals surface area contributed by atoms with Crippen LogP contribution in [0.15, 0.2) is 60.7 Å². The van der Waals surface area contributed by atoms with Gasteiger partial charge in [-0.1, -0.05) is 71.2 Å². The summed E-state index contributed by atoms with van der Waals surface area (Å²) in [6.07, 6.45) is -16.2. The number of carbonyl (C=O) groups excluding carboxylic acids is 6. The minimum Gasteiger partial charge on any atom is -0.463 e. The van der Waals surface area contributed by atoms with Crippen molar-refractivity contribution in [1.82, 2.24) is 0 Å². The Morgan fingerprint density at radius 3 is 1.52 bits per heavy atom. The van der Waals surface area contributed by atoms with E-state index in [4.69, 9.17) is 87.6 Å². The average molecular weight is 847 g/mol. The molecule has 0 amide bonds. The first-order chi connectivity index (χ1) is 26.3. The lowest BCUT2D eigenvalue weighted by Crippen LogP contribution is -2.66. The number of benzene rings is 2. The third kappa shape index (κ3) is 12.0. The van der Waals surface area contributed by atoms with Crippen molar-refractivity contribution in [3.8, 4) is 0 Å². The van der Waals surface area contributed by atoms with Gasteiger partial charge in [-0.3, -0.25) is 24.6 Å². The molecule has 10 atom stereocenters. The molecule has 2 fully saturated rings. The molecule has 2 aliphatic rings. The van der Waals surface area contributed by atoms with Gasteiger partial charge in [0.15, 0.2) is 30.7 Å². The summed E-state index contributed by atoms with van der Waals surface area (Å²) in [6, 6.07) is 15.3. The second kappa shape index (κ2) is 19.6. The van der Waals surface area contributed by atoms with Crippen LogP contribution in [0.1, 0.15) is 55.3 Å². The van der Waals surface area contributed by atoms with Gasteiger partial charge in [-0.15, -0.1) is 0 Å². The van der Waals surface area contributed by atoms with Gasteiger partial charge in [-0.2, -0.15) is 0 Å². The molecule has 2 aromatic carbocycles. The highest BCUT2D eigenvalue weighted by Gasteiger charge is 2.57. The first-order valence-electron chi connectivity index (χ1n) is 16.8. The number of hydrogen-bond acceptors (Lipinski definition) is 17. The van der Waals surface area contributed by atoms with Crippen molar-refractivity contribution in [1.29, 1.82) is 5.41 Å². The van der Waals surface area contributed by atoms with Crippen LogP contribution in [0.25, 0.3) is 0 Å². The molecule has 20 heteroatoms.